The number of aryl methyl sites for hydroxylation is 2. The van der Waals surface area contributed by atoms with Crippen molar-refractivity contribution < 1.29 is 23.9 Å². The van der Waals surface area contributed by atoms with Crippen molar-refractivity contribution in [1.29, 1.82) is 0 Å². The Morgan fingerprint density at radius 2 is 1.62 bits per heavy atom. The van der Waals surface area contributed by atoms with Crippen molar-refractivity contribution in [3.8, 4) is 0 Å². The summed E-state index contributed by atoms with van der Waals surface area (Å²) in [5.74, 6) is -1.72. The number of allylic oxidation sites excluding steroid dienone is 2. The Kier molecular flexibility index (Phi) is 5.64. The number of carbonyl (C=O) groups is 4. The predicted octanol–water partition coefficient (Wildman–Crippen LogP) is 4.17. The van der Waals surface area contributed by atoms with E-state index in [4.69, 9.17) is 4.74 Å². The van der Waals surface area contributed by atoms with Gasteiger partial charge in [0.1, 0.15) is 0 Å². The van der Waals surface area contributed by atoms with E-state index in [-0.39, 0.29) is 41.0 Å². The summed E-state index contributed by atoms with van der Waals surface area (Å²) in [6, 6.07) is 9.88. The number of rotatable bonds is 5. The van der Waals surface area contributed by atoms with Gasteiger partial charge in [-0.2, -0.15) is 0 Å². The Balaban J connectivity index is 1.20. The molecule has 8 heteroatoms. The third kappa shape index (κ3) is 3.76. The molecule has 0 radical (unpaired) electrons. The van der Waals surface area contributed by atoms with Crippen molar-refractivity contribution in [3.05, 3.63) is 69.7 Å². The molecule has 1 N–H and O–H groups in total. The summed E-state index contributed by atoms with van der Waals surface area (Å²) in [4.78, 5) is 51.8. The first kappa shape index (κ1) is 22.5. The molecular weight excluding hydrogens is 500 g/mol. The Morgan fingerprint density at radius 3 is 2.24 bits per heavy atom. The van der Waals surface area contributed by atoms with Crippen molar-refractivity contribution in [2.24, 2.45) is 23.7 Å². The molecule has 1 saturated carbocycles. The number of halogens is 1. The maximum Gasteiger partial charge on any atom is 0.338 e. The van der Waals surface area contributed by atoms with Crippen LogP contribution in [-0.2, 0) is 19.1 Å². The van der Waals surface area contributed by atoms with Gasteiger partial charge >= 0.3 is 5.97 Å². The standard InChI is InChI=1S/C26H23BrN2O5/c1-13-10-20(14(2)9-19(13)27)28-21(30)12-34-26(33)15-5-7-18(8-6-15)29-24(31)22-16-3-4-17(11-16)23(22)25(29)32/h3-10,16-17,22-23H,11-12H2,1-2H3,(H,28,30)/t16-,17-,22-,23-/m0/s1. The van der Waals surface area contributed by atoms with Crippen molar-refractivity contribution in [2.75, 3.05) is 16.8 Å². The van der Waals surface area contributed by atoms with Crippen molar-refractivity contribution >= 4 is 51.0 Å². The molecule has 2 aromatic rings. The van der Waals surface area contributed by atoms with E-state index in [0.29, 0.717) is 11.4 Å². The largest absolute Gasteiger partial charge is 0.452 e. The molecule has 2 fully saturated rings. The molecule has 34 heavy (non-hydrogen) atoms. The van der Waals surface area contributed by atoms with E-state index in [1.807, 2.05) is 26.0 Å². The molecule has 5 rings (SSSR count). The van der Waals surface area contributed by atoms with Gasteiger partial charge in [-0.05, 0) is 79.6 Å². The molecule has 0 aromatic heterocycles. The molecule has 1 saturated heterocycles. The zero-order chi connectivity index (χ0) is 24.1. The first-order chi connectivity index (χ1) is 16.2. The van der Waals surface area contributed by atoms with Gasteiger partial charge in [-0.1, -0.05) is 28.1 Å². The number of nitrogens with zero attached hydrogens (tertiary/aromatic N) is 1. The van der Waals surface area contributed by atoms with Gasteiger partial charge in [-0.25, -0.2) is 4.79 Å². The first-order valence-electron chi connectivity index (χ1n) is 11.1. The molecule has 3 amide bonds. The topological polar surface area (TPSA) is 92.8 Å². The summed E-state index contributed by atoms with van der Waals surface area (Å²) in [5, 5.41) is 2.75. The van der Waals surface area contributed by atoms with Gasteiger partial charge in [-0.15, -0.1) is 0 Å². The molecule has 2 bridgehead atoms. The number of carbonyl (C=O) groups excluding carboxylic acids is 4. The number of imide groups is 1. The molecule has 0 spiro atoms. The number of hydrogen-bond acceptors (Lipinski definition) is 5. The Bertz CT molecular complexity index is 1220. The van der Waals surface area contributed by atoms with Gasteiger partial charge in [0.2, 0.25) is 11.8 Å². The SMILES string of the molecule is Cc1cc(NC(=O)COC(=O)c2ccc(N3C(=O)[C@@H]4[C@@H](C3=O)[C@H]3C=C[C@H]4C3)cc2)c(C)cc1Br. The van der Waals surface area contributed by atoms with Crippen LogP contribution in [0, 0.1) is 37.5 Å². The van der Waals surface area contributed by atoms with Crippen LogP contribution in [0.15, 0.2) is 53.0 Å². The highest BCUT2D eigenvalue weighted by Gasteiger charge is 2.59. The molecule has 2 aliphatic carbocycles. The van der Waals surface area contributed by atoms with Crippen LogP contribution in [0.25, 0.3) is 0 Å². The fourth-order valence-corrected chi connectivity index (χ4v) is 5.68. The molecule has 174 valence electrons. The van der Waals surface area contributed by atoms with Crippen LogP contribution >= 0.6 is 15.9 Å². The van der Waals surface area contributed by atoms with Crippen LogP contribution in [-0.4, -0.2) is 30.3 Å². The van der Waals surface area contributed by atoms with Crippen LogP contribution in [0.4, 0.5) is 11.4 Å². The van der Waals surface area contributed by atoms with E-state index in [0.717, 1.165) is 22.0 Å². The minimum absolute atomic E-state index is 0.141. The molecular formula is C26H23BrN2O5. The van der Waals surface area contributed by atoms with E-state index in [1.165, 1.54) is 17.0 Å². The minimum atomic E-state index is -0.663. The maximum atomic E-state index is 12.9. The number of hydrogen-bond donors (Lipinski definition) is 1. The van der Waals surface area contributed by atoms with Gasteiger partial charge in [-0.3, -0.25) is 19.3 Å². The molecule has 3 aliphatic rings. The third-order valence-electron chi connectivity index (χ3n) is 6.95. The summed E-state index contributed by atoms with van der Waals surface area (Å²) < 4.78 is 6.09. The lowest BCUT2D eigenvalue weighted by atomic mass is 9.85. The highest BCUT2D eigenvalue weighted by Crippen LogP contribution is 2.53. The maximum absolute atomic E-state index is 12.9. The molecule has 2 aromatic carbocycles. The number of fused-ring (bicyclic) bond motifs is 5. The number of benzene rings is 2. The molecule has 4 atom stereocenters. The molecule has 1 heterocycles. The summed E-state index contributed by atoms with van der Waals surface area (Å²) in [6.45, 7) is 3.36. The summed E-state index contributed by atoms with van der Waals surface area (Å²) in [6.07, 6.45) is 4.98. The lowest BCUT2D eigenvalue weighted by Gasteiger charge is -2.17. The number of amides is 3. The zero-order valence-corrected chi connectivity index (χ0v) is 20.3. The van der Waals surface area contributed by atoms with Gasteiger partial charge in [0.05, 0.1) is 23.1 Å². The monoisotopic (exact) mass is 522 g/mol. The zero-order valence-electron chi connectivity index (χ0n) is 18.7. The second kappa shape index (κ2) is 8.51. The predicted molar refractivity (Wildman–Crippen MR) is 129 cm³/mol. The minimum Gasteiger partial charge on any atom is -0.452 e. The van der Waals surface area contributed by atoms with E-state index in [1.54, 1.807) is 12.1 Å². The fraction of sp³-hybridized carbons (Fsp3) is 0.308. The van der Waals surface area contributed by atoms with E-state index in [9.17, 15) is 19.2 Å². The van der Waals surface area contributed by atoms with Crippen LogP contribution in [0.1, 0.15) is 27.9 Å². The Hall–Kier alpha value is -3.26. The lowest BCUT2D eigenvalue weighted by Crippen LogP contribution is -2.32. The Labute approximate surface area is 205 Å². The third-order valence-corrected chi connectivity index (χ3v) is 7.80. The quantitative estimate of drug-likeness (QED) is 0.361. The summed E-state index contributed by atoms with van der Waals surface area (Å²) in [7, 11) is 0. The smallest absolute Gasteiger partial charge is 0.338 e. The van der Waals surface area contributed by atoms with E-state index >= 15 is 0 Å². The Morgan fingerprint density at radius 1 is 1.00 bits per heavy atom. The highest BCUT2D eigenvalue weighted by atomic mass is 79.9. The second-order valence-electron chi connectivity index (χ2n) is 9.10. The van der Waals surface area contributed by atoms with Crippen molar-refractivity contribution in [3.63, 3.8) is 0 Å². The number of nitrogens with one attached hydrogen (secondary N) is 1. The molecule has 0 unspecified atom stereocenters. The average molecular weight is 523 g/mol. The van der Waals surface area contributed by atoms with Gasteiger partial charge in [0.25, 0.3) is 5.91 Å². The van der Waals surface area contributed by atoms with Crippen molar-refractivity contribution in [2.45, 2.75) is 20.3 Å². The van der Waals surface area contributed by atoms with Crippen LogP contribution in [0.2, 0.25) is 0 Å². The first-order valence-corrected chi connectivity index (χ1v) is 11.9. The highest BCUT2D eigenvalue weighted by molar-refractivity contribution is 9.10. The van der Waals surface area contributed by atoms with Crippen molar-refractivity contribution in [1.82, 2.24) is 0 Å². The summed E-state index contributed by atoms with van der Waals surface area (Å²) >= 11 is 3.45. The van der Waals surface area contributed by atoms with E-state index in [2.05, 4.69) is 33.4 Å². The number of esters is 1. The fourth-order valence-electron chi connectivity index (χ4n) is 5.22. The van der Waals surface area contributed by atoms with Crippen LogP contribution < -0.4 is 10.2 Å². The summed E-state index contributed by atoms with van der Waals surface area (Å²) in [5.41, 5.74) is 3.18. The second-order valence-corrected chi connectivity index (χ2v) is 9.95. The van der Waals surface area contributed by atoms with Gasteiger partial charge in [0.15, 0.2) is 6.61 Å². The van der Waals surface area contributed by atoms with Gasteiger partial charge in [0, 0.05) is 10.2 Å². The van der Waals surface area contributed by atoms with E-state index < -0.39 is 18.5 Å². The number of ether oxygens (including phenoxy) is 1. The average Bonchev–Trinajstić information content (AvgIpc) is 3.49. The van der Waals surface area contributed by atoms with Gasteiger partial charge < -0.3 is 10.1 Å². The molecule has 7 nitrogen and oxygen atoms in total. The molecule has 1 aliphatic heterocycles. The lowest BCUT2D eigenvalue weighted by molar-refractivity contribution is -0.123. The van der Waals surface area contributed by atoms with Crippen LogP contribution in [0.5, 0.6) is 0 Å². The van der Waals surface area contributed by atoms with Crippen LogP contribution in [0.3, 0.4) is 0 Å². The number of anilines is 2. The normalized spacial score (nSPS) is 24.5.